The second-order valence-electron chi connectivity index (χ2n) is 4.24. The summed E-state index contributed by atoms with van der Waals surface area (Å²) >= 11 is 0. The molecule has 0 heterocycles. The summed E-state index contributed by atoms with van der Waals surface area (Å²) in [6.45, 7) is 0. The van der Waals surface area contributed by atoms with Gasteiger partial charge in [-0.15, -0.1) is 5.76 Å². The maximum absolute atomic E-state index is 11.7. The number of benzene rings is 1. The third-order valence-corrected chi connectivity index (χ3v) is 2.73. The summed E-state index contributed by atoms with van der Waals surface area (Å²) in [6.07, 6.45) is 11.3. The van der Waals surface area contributed by atoms with Crippen molar-refractivity contribution in [2.75, 3.05) is 0 Å². The SMILES string of the molecule is [Fe+2].[O-]/C(=C\C=C1C=CC=C1)c1ccccc1.c1cc[cH-]c1. The molecule has 0 radical (unpaired) electrons. The molecular formula is C19H16FeO. The number of hydrogen-bond acceptors (Lipinski definition) is 1. The van der Waals surface area contributed by atoms with Crippen molar-refractivity contribution in [1.29, 1.82) is 0 Å². The van der Waals surface area contributed by atoms with Gasteiger partial charge in [-0.1, -0.05) is 66.8 Å². The van der Waals surface area contributed by atoms with Gasteiger partial charge < -0.3 is 5.11 Å². The van der Waals surface area contributed by atoms with Crippen molar-refractivity contribution in [2.45, 2.75) is 0 Å². The van der Waals surface area contributed by atoms with E-state index in [1.54, 1.807) is 6.08 Å². The van der Waals surface area contributed by atoms with Crippen LogP contribution in [0.2, 0.25) is 0 Å². The van der Waals surface area contributed by atoms with Gasteiger partial charge >= 0.3 is 17.1 Å². The van der Waals surface area contributed by atoms with Gasteiger partial charge in [-0.25, -0.2) is 12.1 Å². The van der Waals surface area contributed by atoms with Crippen LogP contribution in [0.25, 0.3) is 5.76 Å². The molecule has 1 aliphatic carbocycles. The zero-order valence-corrected chi connectivity index (χ0v) is 12.6. The minimum absolute atomic E-state index is 0. The summed E-state index contributed by atoms with van der Waals surface area (Å²) in [5.41, 5.74) is 1.78. The molecular weight excluding hydrogens is 300 g/mol. The van der Waals surface area contributed by atoms with Crippen LogP contribution in [0.1, 0.15) is 5.56 Å². The molecule has 1 aliphatic rings. The summed E-state index contributed by atoms with van der Waals surface area (Å²) in [4.78, 5) is 0. The molecule has 3 rings (SSSR count). The van der Waals surface area contributed by atoms with Gasteiger partial charge in [0.25, 0.3) is 0 Å². The molecule has 0 amide bonds. The first-order valence-corrected chi connectivity index (χ1v) is 6.52. The summed E-state index contributed by atoms with van der Waals surface area (Å²) in [5.74, 6) is 0.0387. The molecule has 106 valence electrons. The Morgan fingerprint density at radius 2 is 1.52 bits per heavy atom. The minimum atomic E-state index is 0. The molecule has 0 fully saturated rings. The van der Waals surface area contributed by atoms with Crippen LogP contribution in [0.4, 0.5) is 0 Å². The average Bonchev–Trinajstić information content (AvgIpc) is 3.21. The summed E-state index contributed by atoms with van der Waals surface area (Å²) < 4.78 is 0. The zero-order valence-electron chi connectivity index (χ0n) is 11.5. The van der Waals surface area contributed by atoms with E-state index >= 15 is 0 Å². The van der Waals surface area contributed by atoms with E-state index in [1.165, 1.54) is 0 Å². The van der Waals surface area contributed by atoms with Crippen molar-refractivity contribution in [1.82, 2.24) is 0 Å². The third kappa shape index (κ3) is 6.22. The van der Waals surface area contributed by atoms with Gasteiger partial charge in [0.15, 0.2) is 0 Å². The first-order chi connectivity index (χ1) is 9.86. The third-order valence-electron chi connectivity index (χ3n) is 2.73. The molecule has 2 aromatic rings. The zero-order chi connectivity index (χ0) is 14.0. The van der Waals surface area contributed by atoms with Crippen molar-refractivity contribution in [2.24, 2.45) is 0 Å². The Hall–Kier alpha value is -2.15. The Labute approximate surface area is 136 Å². The maximum Gasteiger partial charge on any atom is 2.00 e. The Kier molecular flexibility index (Phi) is 7.81. The fourth-order valence-corrected chi connectivity index (χ4v) is 1.69. The second-order valence-corrected chi connectivity index (χ2v) is 4.24. The molecule has 2 aromatic carbocycles. The largest absolute Gasteiger partial charge is 2.00 e. The molecule has 0 aromatic heterocycles. The van der Waals surface area contributed by atoms with Crippen molar-refractivity contribution in [3.63, 3.8) is 0 Å². The van der Waals surface area contributed by atoms with E-state index in [9.17, 15) is 5.11 Å². The quantitative estimate of drug-likeness (QED) is 0.469. The van der Waals surface area contributed by atoms with E-state index in [1.807, 2.05) is 91.0 Å². The van der Waals surface area contributed by atoms with Gasteiger partial charge in [-0.05, 0) is 11.1 Å². The van der Waals surface area contributed by atoms with Crippen molar-refractivity contribution < 1.29 is 22.2 Å². The van der Waals surface area contributed by atoms with Crippen LogP contribution in [0.3, 0.4) is 0 Å². The van der Waals surface area contributed by atoms with Crippen LogP contribution >= 0.6 is 0 Å². The first kappa shape index (κ1) is 16.9. The monoisotopic (exact) mass is 316 g/mol. The van der Waals surface area contributed by atoms with E-state index in [2.05, 4.69) is 0 Å². The van der Waals surface area contributed by atoms with E-state index in [4.69, 9.17) is 0 Å². The molecule has 1 nitrogen and oxygen atoms in total. The minimum Gasteiger partial charge on any atom is -0.872 e. The van der Waals surface area contributed by atoms with Crippen LogP contribution in [0.15, 0.2) is 103 Å². The van der Waals surface area contributed by atoms with E-state index < -0.39 is 0 Å². The predicted molar refractivity (Wildman–Crippen MR) is 82.8 cm³/mol. The molecule has 0 atom stereocenters. The predicted octanol–water partition coefficient (Wildman–Crippen LogP) is 3.84. The summed E-state index contributed by atoms with van der Waals surface area (Å²) in [7, 11) is 0. The Morgan fingerprint density at radius 3 is 2.05 bits per heavy atom. The van der Waals surface area contributed by atoms with Gasteiger partial charge in [0, 0.05) is 0 Å². The van der Waals surface area contributed by atoms with Gasteiger partial charge in [0.05, 0.1) is 0 Å². The molecule has 0 saturated heterocycles. The Bertz CT molecular complexity index is 586. The van der Waals surface area contributed by atoms with Crippen molar-refractivity contribution in [3.05, 3.63) is 108 Å². The second kappa shape index (κ2) is 9.71. The summed E-state index contributed by atoms with van der Waals surface area (Å²) in [6, 6.07) is 19.3. The Morgan fingerprint density at radius 1 is 0.905 bits per heavy atom. The average molecular weight is 316 g/mol. The smallest absolute Gasteiger partial charge is 0.872 e. The van der Waals surface area contributed by atoms with E-state index in [0.717, 1.165) is 11.1 Å². The van der Waals surface area contributed by atoms with Crippen LogP contribution in [-0.2, 0) is 17.1 Å². The maximum atomic E-state index is 11.7. The van der Waals surface area contributed by atoms with Gasteiger partial charge in [-0.3, -0.25) is 0 Å². The van der Waals surface area contributed by atoms with Crippen molar-refractivity contribution >= 4 is 5.76 Å². The van der Waals surface area contributed by atoms with Crippen LogP contribution < -0.4 is 5.11 Å². The fraction of sp³-hybridized carbons (Fsp3) is 0. The van der Waals surface area contributed by atoms with E-state index in [-0.39, 0.29) is 22.8 Å². The topological polar surface area (TPSA) is 23.1 Å². The molecule has 0 aliphatic heterocycles. The van der Waals surface area contributed by atoms with Gasteiger partial charge in [0.1, 0.15) is 0 Å². The first-order valence-electron chi connectivity index (χ1n) is 6.52. The van der Waals surface area contributed by atoms with Gasteiger partial charge in [0.2, 0.25) is 0 Å². The Balaban J connectivity index is 0.000000313. The molecule has 2 heteroatoms. The number of rotatable bonds is 2. The van der Waals surface area contributed by atoms with Crippen molar-refractivity contribution in [3.8, 4) is 0 Å². The molecule has 0 unspecified atom stereocenters. The fourth-order valence-electron chi connectivity index (χ4n) is 1.69. The summed E-state index contributed by atoms with van der Waals surface area (Å²) in [5, 5.41) is 11.7. The molecule has 0 spiro atoms. The molecule has 21 heavy (non-hydrogen) atoms. The normalized spacial score (nSPS) is 12.4. The van der Waals surface area contributed by atoms with Crippen LogP contribution in [0.5, 0.6) is 0 Å². The number of hydrogen-bond donors (Lipinski definition) is 0. The molecule has 0 N–H and O–H groups in total. The van der Waals surface area contributed by atoms with Crippen LogP contribution in [0, 0.1) is 0 Å². The number of allylic oxidation sites excluding steroid dienone is 7. The van der Waals surface area contributed by atoms with Gasteiger partial charge in [-0.2, -0.15) is 18.2 Å². The van der Waals surface area contributed by atoms with E-state index in [0.29, 0.717) is 0 Å². The molecule has 0 saturated carbocycles. The standard InChI is InChI=1S/C14H12O.C5H5.Fe/c15-14(13-8-2-1-3-9-13)11-10-12-6-4-5-7-12;1-2-4-5-3-1;/h1-11,15H;1-5H;/q;-1;+2/p-1/b14-11-;;. The molecule has 0 bridgehead atoms. The van der Waals surface area contributed by atoms with Crippen LogP contribution in [-0.4, -0.2) is 0 Å².